The van der Waals surface area contributed by atoms with Crippen molar-refractivity contribution in [1.29, 1.82) is 0 Å². The standard InChI is InChI=1S/C24H31N7S/c1-17-21(32-16-27-17)14-29-13-20-22(28-18(2)31(20)12-19-4-5-19)24(15-29)6-10-30(11-7-24)23-25-8-3-9-26-23/h3,8-9,16,19H,4-7,10-15H2,1-2H3. The average molecular weight is 450 g/mol. The highest BCUT2D eigenvalue weighted by atomic mass is 32.1. The highest BCUT2D eigenvalue weighted by Gasteiger charge is 2.46. The van der Waals surface area contributed by atoms with Crippen molar-refractivity contribution in [2.45, 2.75) is 64.6 Å². The van der Waals surface area contributed by atoms with E-state index in [9.17, 15) is 0 Å². The second-order valence-electron chi connectivity index (χ2n) is 9.83. The molecule has 5 heterocycles. The van der Waals surface area contributed by atoms with Crippen LogP contribution in [0.5, 0.6) is 0 Å². The van der Waals surface area contributed by atoms with Crippen molar-refractivity contribution in [1.82, 2.24) is 29.4 Å². The Kier molecular flexibility index (Phi) is 5.02. The SMILES string of the molecule is Cc1ncsc1CN1Cc2c(nc(C)n2CC2CC2)C2(CCN(c3ncccn3)CC2)C1. The van der Waals surface area contributed by atoms with Gasteiger partial charge >= 0.3 is 0 Å². The van der Waals surface area contributed by atoms with Crippen LogP contribution >= 0.6 is 11.3 Å². The number of aryl methyl sites for hydroxylation is 2. The number of anilines is 1. The first-order valence-corrected chi connectivity index (χ1v) is 12.7. The molecular formula is C24H31N7S. The number of fused-ring (bicyclic) bond motifs is 2. The molecule has 7 nitrogen and oxygen atoms in total. The smallest absolute Gasteiger partial charge is 0.225 e. The van der Waals surface area contributed by atoms with Crippen LogP contribution in [0.2, 0.25) is 0 Å². The molecule has 3 aromatic heterocycles. The van der Waals surface area contributed by atoms with Gasteiger partial charge in [-0.15, -0.1) is 11.3 Å². The maximum absolute atomic E-state index is 5.23. The molecule has 1 saturated carbocycles. The third kappa shape index (κ3) is 3.63. The molecule has 2 aliphatic heterocycles. The Morgan fingerprint density at radius 1 is 1.09 bits per heavy atom. The molecule has 1 aliphatic carbocycles. The average Bonchev–Trinajstić information content (AvgIpc) is 3.47. The molecule has 1 saturated heterocycles. The molecule has 168 valence electrons. The second-order valence-corrected chi connectivity index (χ2v) is 10.8. The van der Waals surface area contributed by atoms with Crippen LogP contribution in [0.15, 0.2) is 24.0 Å². The number of thiazole rings is 1. The lowest BCUT2D eigenvalue weighted by molar-refractivity contribution is 0.139. The van der Waals surface area contributed by atoms with E-state index in [4.69, 9.17) is 4.98 Å². The number of piperidine rings is 1. The minimum Gasteiger partial charge on any atom is -0.341 e. The molecule has 32 heavy (non-hydrogen) atoms. The van der Waals surface area contributed by atoms with E-state index >= 15 is 0 Å². The zero-order valence-electron chi connectivity index (χ0n) is 19.0. The van der Waals surface area contributed by atoms with E-state index in [1.54, 1.807) is 11.3 Å². The number of nitrogens with zero attached hydrogens (tertiary/aromatic N) is 7. The van der Waals surface area contributed by atoms with Crippen molar-refractivity contribution < 1.29 is 0 Å². The normalized spacial score (nSPS) is 20.6. The zero-order chi connectivity index (χ0) is 21.7. The number of hydrogen-bond donors (Lipinski definition) is 0. The molecular weight excluding hydrogens is 418 g/mol. The summed E-state index contributed by atoms with van der Waals surface area (Å²) in [5, 5.41) is 0. The van der Waals surface area contributed by atoms with Crippen LogP contribution in [0, 0.1) is 19.8 Å². The summed E-state index contributed by atoms with van der Waals surface area (Å²) in [6.07, 6.45) is 8.61. The highest BCUT2D eigenvalue weighted by Crippen LogP contribution is 2.43. The lowest BCUT2D eigenvalue weighted by Gasteiger charge is -2.47. The van der Waals surface area contributed by atoms with Gasteiger partial charge in [-0.3, -0.25) is 4.90 Å². The lowest BCUT2D eigenvalue weighted by Crippen LogP contribution is -2.52. The summed E-state index contributed by atoms with van der Waals surface area (Å²) in [5.74, 6) is 2.90. The molecule has 1 spiro atoms. The van der Waals surface area contributed by atoms with E-state index in [-0.39, 0.29) is 5.41 Å². The number of rotatable bonds is 5. The van der Waals surface area contributed by atoms with Gasteiger partial charge in [-0.1, -0.05) is 0 Å². The Balaban J connectivity index is 1.32. The first-order valence-electron chi connectivity index (χ1n) is 11.8. The zero-order valence-corrected chi connectivity index (χ0v) is 19.8. The number of imidazole rings is 1. The van der Waals surface area contributed by atoms with Crippen LogP contribution in [-0.2, 0) is 25.0 Å². The van der Waals surface area contributed by atoms with Crippen molar-refractivity contribution in [3.63, 3.8) is 0 Å². The van der Waals surface area contributed by atoms with E-state index in [1.165, 1.54) is 40.6 Å². The van der Waals surface area contributed by atoms with Gasteiger partial charge in [0.05, 0.1) is 22.6 Å². The summed E-state index contributed by atoms with van der Waals surface area (Å²) in [6, 6.07) is 1.89. The molecule has 2 fully saturated rings. The Morgan fingerprint density at radius 2 is 1.88 bits per heavy atom. The molecule has 0 atom stereocenters. The van der Waals surface area contributed by atoms with Crippen LogP contribution in [0.25, 0.3) is 0 Å². The monoisotopic (exact) mass is 449 g/mol. The maximum atomic E-state index is 5.23. The van der Waals surface area contributed by atoms with Crippen molar-refractivity contribution >= 4 is 17.3 Å². The fourth-order valence-electron chi connectivity index (χ4n) is 5.54. The minimum atomic E-state index is 0.108. The maximum Gasteiger partial charge on any atom is 0.225 e. The van der Waals surface area contributed by atoms with Crippen molar-refractivity contribution in [2.75, 3.05) is 24.5 Å². The number of aromatic nitrogens is 5. The summed E-state index contributed by atoms with van der Waals surface area (Å²) in [4.78, 5) is 25.1. The van der Waals surface area contributed by atoms with Crippen LogP contribution < -0.4 is 4.90 Å². The van der Waals surface area contributed by atoms with Gasteiger partial charge in [0.15, 0.2) is 0 Å². The first-order chi connectivity index (χ1) is 15.6. The lowest BCUT2D eigenvalue weighted by atomic mass is 9.72. The van der Waals surface area contributed by atoms with Crippen molar-refractivity contribution in [2.24, 2.45) is 5.92 Å². The van der Waals surface area contributed by atoms with Gasteiger partial charge in [0, 0.05) is 62.0 Å². The van der Waals surface area contributed by atoms with E-state index < -0.39 is 0 Å². The quantitative estimate of drug-likeness (QED) is 0.592. The summed E-state index contributed by atoms with van der Waals surface area (Å²) < 4.78 is 2.55. The summed E-state index contributed by atoms with van der Waals surface area (Å²) in [6.45, 7) is 10.5. The molecule has 0 unspecified atom stereocenters. The molecule has 0 N–H and O–H groups in total. The van der Waals surface area contributed by atoms with Gasteiger partial charge in [0.1, 0.15) is 5.82 Å². The van der Waals surface area contributed by atoms with Gasteiger partial charge < -0.3 is 9.47 Å². The Hall–Kier alpha value is -2.32. The summed E-state index contributed by atoms with van der Waals surface area (Å²) in [5.41, 5.74) is 6.11. The van der Waals surface area contributed by atoms with Gasteiger partial charge in [0.2, 0.25) is 5.95 Å². The fraction of sp³-hybridized carbons (Fsp3) is 0.583. The third-order valence-electron chi connectivity index (χ3n) is 7.57. The van der Waals surface area contributed by atoms with E-state index in [1.807, 2.05) is 24.0 Å². The van der Waals surface area contributed by atoms with Crippen LogP contribution in [-0.4, -0.2) is 49.0 Å². The molecule has 3 aliphatic rings. The largest absolute Gasteiger partial charge is 0.341 e. The van der Waals surface area contributed by atoms with Gasteiger partial charge in [0.25, 0.3) is 0 Å². The second kappa shape index (κ2) is 7.92. The van der Waals surface area contributed by atoms with Crippen LogP contribution in [0.1, 0.15) is 53.5 Å². The predicted molar refractivity (Wildman–Crippen MR) is 126 cm³/mol. The topological polar surface area (TPSA) is 63.0 Å². The predicted octanol–water partition coefficient (Wildman–Crippen LogP) is 3.71. The molecule has 3 aromatic rings. The number of hydrogen-bond acceptors (Lipinski definition) is 7. The van der Waals surface area contributed by atoms with Crippen molar-refractivity contribution in [3.8, 4) is 0 Å². The van der Waals surface area contributed by atoms with E-state index in [2.05, 4.69) is 43.2 Å². The molecule has 0 bridgehead atoms. The Morgan fingerprint density at radius 3 is 2.56 bits per heavy atom. The molecule has 6 rings (SSSR count). The third-order valence-corrected chi connectivity index (χ3v) is 8.49. The van der Waals surface area contributed by atoms with Crippen LogP contribution in [0.4, 0.5) is 5.95 Å². The van der Waals surface area contributed by atoms with Gasteiger partial charge in [-0.25, -0.2) is 19.9 Å². The van der Waals surface area contributed by atoms with Crippen molar-refractivity contribution in [3.05, 3.63) is 51.8 Å². The Labute approximate surface area is 193 Å². The fourth-order valence-corrected chi connectivity index (χ4v) is 6.36. The molecule has 0 radical (unpaired) electrons. The van der Waals surface area contributed by atoms with Gasteiger partial charge in [-0.2, -0.15) is 0 Å². The first kappa shape index (κ1) is 20.3. The molecule has 0 amide bonds. The molecule has 8 heteroatoms. The van der Waals surface area contributed by atoms with E-state index in [0.29, 0.717) is 0 Å². The Bertz CT molecular complexity index is 1090. The van der Waals surface area contributed by atoms with Crippen LogP contribution in [0.3, 0.4) is 0 Å². The summed E-state index contributed by atoms with van der Waals surface area (Å²) >= 11 is 1.79. The van der Waals surface area contributed by atoms with Gasteiger partial charge in [-0.05, 0) is 51.5 Å². The highest BCUT2D eigenvalue weighted by molar-refractivity contribution is 7.09. The summed E-state index contributed by atoms with van der Waals surface area (Å²) in [7, 11) is 0. The molecule has 0 aromatic carbocycles. The minimum absolute atomic E-state index is 0.108. The van der Waals surface area contributed by atoms with E-state index in [0.717, 1.165) is 64.0 Å².